The molecule has 0 aliphatic rings. The van der Waals surface area contributed by atoms with Crippen LogP contribution in [0.15, 0.2) is 180 Å². The molecule has 0 radical (unpaired) electrons. The third kappa shape index (κ3) is 4.61. The molecule has 0 N–H and O–H groups in total. The Morgan fingerprint density at radius 1 is 0.400 bits per heavy atom. The van der Waals surface area contributed by atoms with E-state index in [2.05, 4.69) is 156 Å². The van der Waals surface area contributed by atoms with Gasteiger partial charge >= 0.3 is 0 Å². The standard InChI is InChI=1S/C46H29N3O/c1-3-13-30(14-4-1)31-15-11-16-32(27-31)40-29-41(33-25-26-37-36-20-8-10-24-43(36)50-44(37)28-33)48-46(47-40)39-22-12-21-38-35-19-7-9-23-42(35)49(45(38)39)34-17-5-2-6-18-34/h1-29H. The van der Waals surface area contributed by atoms with E-state index in [1.165, 1.54) is 5.39 Å². The predicted octanol–water partition coefficient (Wildman–Crippen LogP) is 12.1. The summed E-state index contributed by atoms with van der Waals surface area (Å²) < 4.78 is 8.66. The molecule has 0 amide bonds. The van der Waals surface area contributed by atoms with Crippen LogP contribution in [0.2, 0.25) is 0 Å². The zero-order chi connectivity index (χ0) is 33.0. The normalized spacial score (nSPS) is 11.6. The van der Waals surface area contributed by atoms with E-state index >= 15 is 0 Å². The number of hydrogen-bond acceptors (Lipinski definition) is 3. The second-order valence-corrected chi connectivity index (χ2v) is 12.6. The number of aromatic nitrogens is 3. The summed E-state index contributed by atoms with van der Waals surface area (Å²) in [6, 6.07) is 61.3. The van der Waals surface area contributed by atoms with Crippen molar-refractivity contribution in [3.63, 3.8) is 0 Å². The van der Waals surface area contributed by atoms with Crippen molar-refractivity contribution in [1.29, 1.82) is 0 Å². The van der Waals surface area contributed by atoms with E-state index in [4.69, 9.17) is 14.4 Å². The van der Waals surface area contributed by atoms with Crippen LogP contribution in [-0.2, 0) is 0 Å². The number of nitrogens with zero attached hydrogens (tertiary/aromatic N) is 3. The zero-order valence-corrected chi connectivity index (χ0v) is 27.0. The molecule has 10 aromatic rings. The van der Waals surface area contributed by atoms with Gasteiger partial charge in [0.05, 0.1) is 22.4 Å². The lowest BCUT2D eigenvalue weighted by Gasteiger charge is -2.13. The maximum Gasteiger partial charge on any atom is 0.162 e. The molecule has 7 aromatic carbocycles. The van der Waals surface area contributed by atoms with E-state index in [1.54, 1.807) is 0 Å². The molecule has 3 heterocycles. The third-order valence-corrected chi connectivity index (χ3v) is 9.62. The van der Waals surface area contributed by atoms with Gasteiger partial charge in [0.15, 0.2) is 5.82 Å². The summed E-state index contributed by atoms with van der Waals surface area (Å²) in [5, 5.41) is 4.55. The molecule has 0 aliphatic heterocycles. The van der Waals surface area contributed by atoms with Crippen LogP contribution in [0.4, 0.5) is 0 Å². The average Bonchev–Trinajstić information content (AvgIpc) is 3.74. The monoisotopic (exact) mass is 639 g/mol. The van der Waals surface area contributed by atoms with Crippen molar-refractivity contribution in [1.82, 2.24) is 14.5 Å². The highest BCUT2D eigenvalue weighted by Gasteiger charge is 2.20. The van der Waals surface area contributed by atoms with Crippen LogP contribution in [0.5, 0.6) is 0 Å². The highest BCUT2D eigenvalue weighted by atomic mass is 16.3. The second-order valence-electron chi connectivity index (χ2n) is 12.6. The summed E-state index contributed by atoms with van der Waals surface area (Å²) in [5.41, 5.74) is 12.0. The lowest BCUT2D eigenvalue weighted by molar-refractivity contribution is 0.669. The van der Waals surface area contributed by atoms with E-state index in [-0.39, 0.29) is 0 Å². The van der Waals surface area contributed by atoms with Gasteiger partial charge in [-0.3, -0.25) is 0 Å². The Balaban J connectivity index is 1.24. The lowest BCUT2D eigenvalue weighted by Crippen LogP contribution is -1.99. The van der Waals surface area contributed by atoms with Crippen LogP contribution in [0.3, 0.4) is 0 Å². The van der Waals surface area contributed by atoms with Crippen molar-refractivity contribution in [2.75, 3.05) is 0 Å². The molecule has 50 heavy (non-hydrogen) atoms. The van der Waals surface area contributed by atoms with Crippen LogP contribution in [0.25, 0.3) is 94.5 Å². The molecule has 0 saturated carbocycles. The van der Waals surface area contributed by atoms with Crippen LogP contribution >= 0.6 is 0 Å². The highest BCUT2D eigenvalue weighted by molar-refractivity contribution is 6.13. The van der Waals surface area contributed by atoms with Crippen LogP contribution in [0, 0.1) is 0 Å². The van der Waals surface area contributed by atoms with E-state index in [9.17, 15) is 0 Å². The molecular weight excluding hydrogens is 611 g/mol. The Kier molecular flexibility index (Phi) is 6.46. The van der Waals surface area contributed by atoms with E-state index in [0.29, 0.717) is 5.82 Å². The summed E-state index contributed by atoms with van der Waals surface area (Å²) in [7, 11) is 0. The molecule has 4 nitrogen and oxygen atoms in total. The first-order valence-corrected chi connectivity index (χ1v) is 16.8. The van der Waals surface area contributed by atoms with Gasteiger partial charge in [0.2, 0.25) is 0 Å². The van der Waals surface area contributed by atoms with Crippen molar-refractivity contribution in [3.8, 4) is 50.7 Å². The van der Waals surface area contributed by atoms with Crippen LogP contribution < -0.4 is 0 Å². The van der Waals surface area contributed by atoms with Gasteiger partial charge in [-0.1, -0.05) is 121 Å². The van der Waals surface area contributed by atoms with Crippen LogP contribution in [0.1, 0.15) is 0 Å². The Morgan fingerprint density at radius 3 is 1.86 bits per heavy atom. The Morgan fingerprint density at radius 2 is 1.02 bits per heavy atom. The molecule has 0 spiro atoms. The molecule has 0 atom stereocenters. The minimum absolute atomic E-state index is 0.665. The van der Waals surface area contributed by atoms with E-state index in [1.807, 2.05) is 24.3 Å². The molecule has 0 bridgehead atoms. The summed E-state index contributed by atoms with van der Waals surface area (Å²) >= 11 is 0. The lowest BCUT2D eigenvalue weighted by atomic mass is 10.00. The molecule has 0 aliphatic carbocycles. The zero-order valence-electron chi connectivity index (χ0n) is 27.0. The fourth-order valence-corrected chi connectivity index (χ4v) is 7.28. The van der Waals surface area contributed by atoms with Gasteiger partial charge in [-0.2, -0.15) is 0 Å². The number of fused-ring (bicyclic) bond motifs is 6. The number of benzene rings is 7. The summed E-state index contributed by atoms with van der Waals surface area (Å²) in [6.07, 6.45) is 0. The minimum atomic E-state index is 0.665. The fourth-order valence-electron chi connectivity index (χ4n) is 7.28. The van der Waals surface area contributed by atoms with Crippen LogP contribution in [-0.4, -0.2) is 14.5 Å². The molecule has 3 aromatic heterocycles. The number of furan rings is 1. The maximum atomic E-state index is 6.32. The molecule has 234 valence electrons. The van der Waals surface area contributed by atoms with Crippen molar-refractivity contribution in [2.24, 2.45) is 0 Å². The minimum Gasteiger partial charge on any atom is -0.456 e. The smallest absolute Gasteiger partial charge is 0.162 e. The van der Waals surface area contributed by atoms with Gasteiger partial charge in [-0.05, 0) is 65.7 Å². The molecule has 0 fully saturated rings. The Hall–Kier alpha value is -6.78. The van der Waals surface area contributed by atoms with Crippen molar-refractivity contribution in [3.05, 3.63) is 176 Å². The van der Waals surface area contributed by atoms with Gasteiger partial charge in [-0.25, -0.2) is 9.97 Å². The van der Waals surface area contributed by atoms with Gasteiger partial charge in [-0.15, -0.1) is 0 Å². The average molecular weight is 640 g/mol. The molecule has 0 saturated heterocycles. The molecule has 0 unspecified atom stereocenters. The first-order valence-electron chi connectivity index (χ1n) is 16.8. The first-order chi connectivity index (χ1) is 24.8. The second kappa shape index (κ2) is 11.4. The number of para-hydroxylation sites is 4. The maximum absolute atomic E-state index is 6.32. The summed E-state index contributed by atoms with van der Waals surface area (Å²) in [4.78, 5) is 10.7. The predicted molar refractivity (Wildman–Crippen MR) is 205 cm³/mol. The number of rotatable bonds is 5. The Bertz CT molecular complexity index is 2870. The van der Waals surface area contributed by atoms with Gasteiger partial charge < -0.3 is 8.98 Å². The topological polar surface area (TPSA) is 43.9 Å². The van der Waals surface area contributed by atoms with Crippen molar-refractivity contribution in [2.45, 2.75) is 0 Å². The SMILES string of the molecule is c1ccc(-c2cccc(-c3cc(-c4ccc5c(c4)oc4ccccc45)nc(-c4cccc5c6ccccc6n(-c6ccccc6)c45)n3)c2)cc1. The van der Waals surface area contributed by atoms with Gasteiger partial charge in [0.1, 0.15) is 11.2 Å². The highest BCUT2D eigenvalue weighted by Crippen LogP contribution is 2.39. The van der Waals surface area contributed by atoms with E-state index in [0.717, 1.165) is 83.3 Å². The Labute approximate surface area is 288 Å². The fraction of sp³-hybridized carbons (Fsp3) is 0. The van der Waals surface area contributed by atoms with Gasteiger partial charge in [0, 0.05) is 43.9 Å². The van der Waals surface area contributed by atoms with Gasteiger partial charge in [0.25, 0.3) is 0 Å². The largest absolute Gasteiger partial charge is 0.456 e. The molecular formula is C46H29N3O. The summed E-state index contributed by atoms with van der Waals surface area (Å²) in [5.74, 6) is 0.665. The summed E-state index contributed by atoms with van der Waals surface area (Å²) in [6.45, 7) is 0. The first kappa shape index (κ1) is 28.3. The molecule has 10 rings (SSSR count). The third-order valence-electron chi connectivity index (χ3n) is 9.62. The quantitative estimate of drug-likeness (QED) is 0.188. The van der Waals surface area contributed by atoms with Crippen molar-refractivity contribution >= 4 is 43.7 Å². The van der Waals surface area contributed by atoms with E-state index < -0.39 is 0 Å². The molecule has 4 heteroatoms. The van der Waals surface area contributed by atoms with Crippen molar-refractivity contribution < 1.29 is 4.42 Å². The number of hydrogen-bond donors (Lipinski definition) is 0.